The fraction of sp³-hybridized carbons (Fsp3) is 0.455. The number of rotatable bonds is 3. The molecule has 0 saturated carbocycles. The molecule has 2 rings (SSSR count). The first-order valence-corrected chi connectivity index (χ1v) is 11.0. The van der Waals surface area contributed by atoms with Gasteiger partial charge in [0.1, 0.15) is 4.90 Å². The van der Waals surface area contributed by atoms with Gasteiger partial charge in [-0.3, -0.25) is 0 Å². The van der Waals surface area contributed by atoms with Gasteiger partial charge in [-0.2, -0.15) is 0 Å². The average molecular weight is 462 g/mol. The highest BCUT2D eigenvalue weighted by Gasteiger charge is 2.30. The number of hydrogen-bond acceptors (Lipinski definition) is 5. The van der Waals surface area contributed by atoms with E-state index in [4.69, 9.17) is 5.73 Å². The van der Waals surface area contributed by atoms with Crippen molar-refractivity contribution in [3.8, 4) is 0 Å². The van der Waals surface area contributed by atoms with Gasteiger partial charge >= 0.3 is 0 Å². The van der Waals surface area contributed by atoms with Crippen LogP contribution < -0.4 is 10.5 Å². The van der Waals surface area contributed by atoms with Crippen LogP contribution in [0.25, 0.3) is 0 Å². The highest BCUT2D eigenvalue weighted by atomic mass is 79.9. The zero-order chi connectivity index (χ0) is 15.8. The lowest BCUT2D eigenvalue weighted by molar-refractivity contribution is 0.517. The van der Waals surface area contributed by atoms with Gasteiger partial charge in [0.15, 0.2) is 9.84 Å². The largest absolute Gasteiger partial charge is 0.398 e. The van der Waals surface area contributed by atoms with Gasteiger partial charge in [0.25, 0.3) is 0 Å². The Bertz CT molecular complexity index is 739. The topological polar surface area (TPSA) is 106 Å². The van der Waals surface area contributed by atoms with Crippen LogP contribution in [0.5, 0.6) is 0 Å². The van der Waals surface area contributed by atoms with Crippen molar-refractivity contribution in [1.29, 1.82) is 0 Å². The van der Waals surface area contributed by atoms with Gasteiger partial charge < -0.3 is 5.73 Å². The predicted molar refractivity (Wildman–Crippen MR) is 88.3 cm³/mol. The Kier molecular flexibility index (Phi) is 5.04. The summed E-state index contributed by atoms with van der Waals surface area (Å²) in [6.45, 7) is 0. The molecule has 0 aliphatic carbocycles. The third-order valence-corrected chi connectivity index (χ3v) is 7.89. The van der Waals surface area contributed by atoms with Crippen molar-refractivity contribution in [2.24, 2.45) is 0 Å². The molecule has 1 aromatic rings. The minimum absolute atomic E-state index is 0.0753. The summed E-state index contributed by atoms with van der Waals surface area (Å²) in [7, 11) is -7.09. The Hall–Kier alpha value is -0.160. The van der Waals surface area contributed by atoms with Gasteiger partial charge in [-0.25, -0.2) is 21.6 Å². The van der Waals surface area contributed by atoms with E-state index in [1.165, 1.54) is 6.07 Å². The van der Waals surface area contributed by atoms with Crippen LogP contribution in [0.1, 0.15) is 12.8 Å². The monoisotopic (exact) mass is 460 g/mol. The van der Waals surface area contributed by atoms with Crippen LogP contribution in [0.15, 0.2) is 26.0 Å². The van der Waals surface area contributed by atoms with Crippen LogP contribution in [0.4, 0.5) is 5.69 Å². The molecule has 0 radical (unpaired) electrons. The molecule has 0 spiro atoms. The van der Waals surface area contributed by atoms with Gasteiger partial charge in [0.05, 0.1) is 17.2 Å². The van der Waals surface area contributed by atoms with Gasteiger partial charge in [0.2, 0.25) is 10.0 Å². The minimum atomic E-state index is -3.90. The summed E-state index contributed by atoms with van der Waals surface area (Å²) in [5.74, 6) is -0.0738. The summed E-state index contributed by atoms with van der Waals surface area (Å²) in [6, 6.07) is 2.43. The Balaban J connectivity index is 2.31. The molecule has 1 heterocycles. The molecule has 3 N–H and O–H groups in total. The van der Waals surface area contributed by atoms with Crippen LogP contribution in [0.2, 0.25) is 0 Å². The zero-order valence-electron chi connectivity index (χ0n) is 10.8. The summed E-state index contributed by atoms with van der Waals surface area (Å²) in [6.07, 6.45) is 0.943. The normalized spacial score (nSPS) is 22.1. The van der Waals surface area contributed by atoms with Crippen molar-refractivity contribution in [2.45, 2.75) is 23.8 Å². The first-order chi connectivity index (χ1) is 9.61. The lowest BCUT2D eigenvalue weighted by Crippen LogP contribution is -2.43. The number of nitrogens with one attached hydrogen (secondary N) is 1. The maximum Gasteiger partial charge on any atom is 0.244 e. The number of nitrogen functional groups attached to an aromatic ring is 1. The molecule has 1 aliphatic heterocycles. The fourth-order valence-corrected chi connectivity index (χ4v) is 7.34. The van der Waals surface area contributed by atoms with E-state index in [1.54, 1.807) is 6.07 Å². The SMILES string of the molecule is Nc1cc(Br)cc(Br)c1S(=O)(=O)NC1CCCS(=O)(=O)C1. The van der Waals surface area contributed by atoms with Crippen molar-refractivity contribution in [3.63, 3.8) is 0 Å². The molecule has 6 nitrogen and oxygen atoms in total. The molecule has 118 valence electrons. The Morgan fingerprint density at radius 2 is 1.95 bits per heavy atom. The van der Waals surface area contributed by atoms with Crippen LogP contribution >= 0.6 is 31.9 Å². The standard InChI is InChI=1S/C11H14Br2N2O4S2/c12-7-4-9(13)11(10(14)5-7)21(18,19)15-8-2-1-3-20(16,17)6-8/h4-5,8,15H,1-3,6,14H2. The van der Waals surface area contributed by atoms with Gasteiger partial charge in [-0.15, -0.1) is 0 Å². The fourth-order valence-electron chi connectivity index (χ4n) is 2.26. The molecule has 1 atom stereocenters. The second-order valence-electron chi connectivity index (χ2n) is 4.88. The summed E-state index contributed by atoms with van der Waals surface area (Å²) < 4.78 is 51.4. The maximum absolute atomic E-state index is 12.4. The number of sulfone groups is 1. The van der Waals surface area contributed by atoms with Gasteiger partial charge in [-0.1, -0.05) is 15.9 Å². The number of hydrogen-bond donors (Lipinski definition) is 2. The summed E-state index contributed by atoms with van der Waals surface area (Å²) in [5.41, 5.74) is 5.85. The van der Waals surface area contributed by atoms with Crippen LogP contribution in [0, 0.1) is 0 Å². The van der Waals surface area contributed by atoms with Crippen molar-refractivity contribution in [3.05, 3.63) is 21.1 Å². The number of sulfonamides is 1. The highest BCUT2D eigenvalue weighted by molar-refractivity contribution is 9.11. The molecule has 1 saturated heterocycles. The van der Waals surface area contributed by atoms with E-state index >= 15 is 0 Å². The van der Waals surface area contributed by atoms with Gasteiger partial charge in [-0.05, 0) is 40.9 Å². The lowest BCUT2D eigenvalue weighted by atomic mass is 10.2. The number of anilines is 1. The molecular weight excluding hydrogens is 448 g/mol. The average Bonchev–Trinajstić information content (AvgIpc) is 2.23. The van der Waals surface area contributed by atoms with Crippen LogP contribution in [-0.2, 0) is 19.9 Å². The molecular formula is C11H14Br2N2O4S2. The van der Waals surface area contributed by atoms with Crippen LogP contribution in [-0.4, -0.2) is 34.4 Å². The number of nitrogens with two attached hydrogens (primary N) is 1. The highest BCUT2D eigenvalue weighted by Crippen LogP contribution is 2.32. The van der Waals surface area contributed by atoms with Crippen molar-refractivity contribution in [2.75, 3.05) is 17.2 Å². The number of halogens is 2. The minimum Gasteiger partial charge on any atom is -0.398 e. The predicted octanol–water partition coefficient (Wildman–Crippen LogP) is 1.65. The quantitative estimate of drug-likeness (QED) is 0.665. The Labute approximate surface area is 140 Å². The lowest BCUT2D eigenvalue weighted by Gasteiger charge is -2.23. The zero-order valence-corrected chi connectivity index (χ0v) is 15.6. The second-order valence-corrected chi connectivity index (χ2v) is 10.5. The molecule has 0 amide bonds. The molecule has 1 unspecified atom stereocenters. The van der Waals surface area contributed by atoms with Crippen molar-refractivity contribution >= 4 is 57.4 Å². The Morgan fingerprint density at radius 3 is 2.52 bits per heavy atom. The van der Waals surface area contributed by atoms with E-state index in [0.29, 0.717) is 21.8 Å². The van der Waals surface area contributed by atoms with Crippen molar-refractivity contribution < 1.29 is 16.8 Å². The smallest absolute Gasteiger partial charge is 0.244 e. The van der Waals surface area contributed by atoms with E-state index in [1.807, 2.05) is 0 Å². The van der Waals surface area contributed by atoms with Crippen molar-refractivity contribution in [1.82, 2.24) is 4.72 Å². The molecule has 1 aromatic carbocycles. The van der Waals surface area contributed by atoms with E-state index in [-0.39, 0.29) is 22.1 Å². The molecule has 0 aromatic heterocycles. The summed E-state index contributed by atoms with van der Waals surface area (Å²) >= 11 is 6.40. The van der Waals surface area contributed by atoms with Crippen LogP contribution in [0.3, 0.4) is 0 Å². The third-order valence-electron chi connectivity index (χ3n) is 3.09. The first kappa shape index (κ1) is 17.2. The van der Waals surface area contributed by atoms with E-state index < -0.39 is 25.9 Å². The molecule has 1 aliphatic rings. The second kappa shape index (κ2) is 6.15. The maximum atomic E-state index is 12.4. The van der Waals surface area contributed by atoms with E-state index in [2.05, 4.69) is 36.6 Å². The summed E-state index contributed by atoms with van der Waals surface area (Å²) in [5, 5.41) is 0. The molecule has 10 heteroatoms. The van der Waals surface area contributed by atoms with Gasteiger partial charge in [0, 0.05) is 15.0 Å². The molecule has 21 heavy (non-hydrogen) atoms. The third kappa shape index (κ3) is 4.19. The Morgan fingerprint density at radius 1 is 1.29 bits per heavy atom. The molecule has 0 bridgehead atoms. The number of benzene rings is 1. The first-order valence-electron chi connectivity index (χ1n) is 6.08. The summed E-state index contributed by atoms with van der Waals surface area (Å²) in [4.78, 5) is -0.0753. The molecule has 1 fully saturated rings. The van der Waals surface area contributed by atoms with E-state index in [9.17, 15) is 16.8 Å². The van der Waals surface area contributed by atoms with E-state index in [0.717, 1.165) is 0 Å².